The second-order valence-electron chi connectivity index (χ2n) is 4.45. The fourth-order valence-electron chi connectivity index (χ4n) is 1.95. The number of ether oxygens (including phenoxy) is 1. The van der Waals surface area contributed by atoms with Crippen LogP contribution in [0.5, 0.6) is 5.75 Å². The first-order valence-electron chi connectivity index (χ1n) is 6.07. The van der Waals surface area contributed by atoms with Gasteiger partial charge in [-0.25, -0.2) is 0 Å². The molecule has 0 aliphatic heterocycles. The summed E-state index contributed by atoms with van der Waals surface area (Å²) in [5.74, 6) is -0.0163. The highest BCUT2D eigenvalue weighted by molar-refractivity contribution is 6.35. The molecule has 0 atom stereocenters. The highest BCUT2D eigenvalue weighted by Crippen LogP contribution is 2.28. The number of carbonyl (C=O) groups is 1. The predicted octanol–water partition coefficient (Wildman–Crippen LogP) is 3.80. The van der Waals surface area contributed by atoms with Crippen molar-refractivity contribution >= 4 is 23.1 Å². The molecule has 0 fully saturated rings. The molecule has 2 rings (SSSR count). The Hall–Kier alpha value is -2.40. The van der Waals surface area contributed by atoms with Crippen LogP contribution in [0.1, 0.15) is 21.5 Å². The first-order valence-corrected chi connectivity index (χ1v) is 6.45. The van der Waals surface area contributed by atoms with E-state index in [-0.39, 0.29) is 16.3 Å². The Balaban J connectivity index is 2.57. The number of non-ortho nitro benzene ring substituents is 1. The fourth-order valence-corrected chi connectivity index (χ4v) is 2.15. The summed E-state index contributed by atoms with van der Waals surface area (Å²) in [4.78, 5) is 22.8. The van der Waals surface area contributed by atoms with E-state index in [0.29, 0.717) is 11.3 Å². The van der Waals surface area contributed by atoms with Crippen molar-refractivity contribution < 1.29 is 14.5 Å². The Labute approximate surface area is 126 Å². The molecule has 0 aromatic heterocycles. The lowest BCUT2D eigenvalue weighted by Crippen LogP contribution is -2.06. The van der Waals surface area contributed by atoms with E-state index in [1.807, 2.05) is 13.0 Å². The van der Waals surface area contributed by atoms with Crippen molar-refractivity contribution in [2.45, 2.75) is 6.92 Å². The number of benzene rings is 2. The average molecular weight is 306 g/mol. The maximum absolute atomic E-state index is 12.6. The first kappa shape index (κ1) is 15.0. The first-order chi connectivity index (χ1) is 9.93. The van der Waals surface area contributed by atoms with E-state index in [0.717, 1.165) is 5.56 Å². The number of hydrogen-bond donors (Lipinski definition) is 0. The molecule has 2 aromatic carbocycles. The van der Waals surface area contributed by atoms with Crippen LogP contribution in [0.25, 0.3) is 0 Å². The SMILES string of the molecule is COc1ccc(C)cc1C(=O)c1cc([N+](=O)[O-])ccc1Cl. The molecule has 0 aliphatic rings. The molecule has 2 aromatic rings. The summed E-state index contributed by atoms with van der Waals surface area (Å²) in [5, 5.41) is 11.0. The number of aryl methyl sites for hydroxylation is 1. The third-order valence-corrected chi connectivity index (χ3v) is 3.33. The number of rotatable bonds is 4. The third kappa shape index (κ3) is 3.03. The molecule has 0 saturated carbocycles. The summed E-state index contributed by atoms with van der Waals surface area (Å²) < 4.78 is 5.16. The molecule has 0 amide bonds. The van der Waals surface area contributed by atoms with Crippen LogP contribution in [0.3, 0.4) is 0 Å². The topological polar surface area (TPSA) is 69.4 Å². The summed E-state index contributed by atoms with van der Waals surface area (Å²) in [5.41, 5.74) is 1.09. The second kappa shape index (κ2) is 5.93. The molecule has 6 heteroatoms. The Kier molecular flexibility index (Phi) is 4.23. The van der Waals surface area contributed by atoms with E-state index in [9.17, 15) is 14.9 Å². The van der Waals surface area contributed by atoms with E-state index >= 15 is 0 Å². The van der Waals surface area contributed by atoms with Gasteiger partial charge in [-0.2, -0.15) is 0 Å². The highest BCUT2D eigenvalue weighted by Gasteiger charge is 2.20. The average Bonchev–Trinajstić information content (AvgIpc) is 2.46. The molecule has 108 valence electrons. The zero-order chi connectivity index (χ0) is 15.6. The van der Waals surface area contributed by atoms with E-state index in [1.165, 1.54) is 25.3 Å². The number of nitrogens with zero attached hydrogens (tertiary/aromatic N) is 1. The zero-order valence-corrected chi connectivity index (χ0v) is 12.2. The van der Waals surface area contributed by atoms with Gasteiger partial charge in [0, 0.05) is 17.7 Å². The van der Waals surface area contributed by atoms with Crippen molar-refractivity contribution in [3.8, 4) is 5.75 Å². The Morgan fingerprint density at radius 2 is 1.90 bits per heavy atom. The van der Waals surface area contributed by atoms with Crippen LogP contribution in [0.2, 0.25) is 5.02 Å². The molecule has 21 heavy (non-hydrogen) atoms. The molecule has 0 spiro atoms. The van der Waals surface area contributed by atoms with Gasteiger partial charge in [0.05, 0.1) is 22.6 Å². The van der Waals surface area contributed by atoms with Gasteiger partial charge >= 0.3 is 0 Å². The van der Waals surface area contributed by atoms with Gasteiger partial charge < -0.3 is 4.74 Å². The molecule has 0 aliphatic carbocycles. The summed E-state index contributed by atoms with van der Waals surface area (Å²) in [6.07, 6.45) is 0. The minimum Gasteiger partial charge on any atom is -0.496 e. The van der Waals surface area contributed by atoms with E-state index < -0.39 is 10.7 Å². The molecule has 0 radical (unpaired) electrons. The van der Waals surface area contributed by atoms with Gasteiger partial charge in [0.2, 0.25) is 0 Å². The van der Waals surface area contributed by atoms with Crippen molar-refractivity contribution in [3.63, 3.8) is 0 Å². The van der Waals surface area contributed by atoms with Gasteiger partial charge in [-0.3, -0.25) is 14.9 Å². The number of halogens is 1. The van der Waals surface area contributed by atoms with Crippen molar-refractivity contribution in [2.24, 2.45) is 0 Å². The lowest BCUT2D eigenvalue weighted by atomic mass is 10.00. The van der Waals surface area contributed by atoms with Crippen LogP contribution >= 0.6 is 11.6 Å². The number of carbonyl (C=O) groups excluding carboxylic acids is 1. The molecule has 5 nitrogen and oxygen atoms in total. The van der Waals surface area contributed by atoms with Gasteiger partial charge in [0.15, 0.2) is 5.78 Å². The van der Waals surface area contributed by atoms with Gasteiger partial charge in [-0.15, -0.1) is 0 Å². The molecule has 0 saturated heterocycles. The maximum Gasteiger partial charge on any atom is 0.270 e. The fraction of sp³-hybridized carbons (Fsp3) is 0.133. The number of hydrogen-bond acceptors (Lipinski definition) is 4. The van der Waals surface area contributed by atoms with E-state index in [2.05, 4.69) is 0 Å². The normalized spacial score (nSPS) is 10.2. The van der Waals surface area contributed by atoms with Gasteiger partial charge in [0.1, 0.15) is 5.75 Å². The van der Waals surface area contributed by atoms with Crippen LogP contribution in [0, 0.1) is 17.0 Å². The molecule has 0 N–H and O–H groups in total. The lowest BCUT2D eigenvalue weighted by Gasteiger charge is -2.09. The van der Waals surface area contributed by atoms with Crippen molar-refractivity contribution in [3.05, 3.63) is 68.2 Å². The van der Waals surface area contributed by atoms with Crippen LogP contribution in [-0.2, 0) is 0 Å². The predicted molar refractivity (Wildman–Crippen MR) is 79.3 cm³/mol. The lowest BCUT2D eigenvalue weighted by molar-refractivity contribution is -0.384. The summed E-state index contributed by atoms with van der Waals surface area (Å²) >= 11 is 6.00. The number of nitro groups is 1. The van der Waals surface area contributed by atoms with Gasteiger partial charge in [-0.05, 0) is 25.1 Å². The van der Waals surface area contributed by atoms with Crippen LogP contribution in [0.15, 0.2) is 36.4 Å². The van der Waals surface area contributed by atoms with Crippen LogP contribution in [0.4, 0.5) is 5.69 Å². The Bertz CT molecular complexity index is 728. The smallest absolute Gasteiger partial charge is 0.270 e. The second-order valence-corrected chi connectivity index (χ2v) is 4.86. The van der Waals surface area contributed by atoms with E-state index in [4.69, 9.17) is 16.3 Å². The number of methoxy groups -OCH3 is 1. The van der Waals surface area contributed by atoms with Crippen molar-refractivity contribution in [2.75, 3.05) is 7.11 Å². The quantitative estimate of drug-likeness (QED) is 0.489. The maximum atomic E-state index is 12.6. The minimum absolute atomic E-state index is 0.0785. The van der Waals surface area contributed by atoms with Crippen molar-refractivity contribution in [1.82, 2.24) is 0 Å². The summed E-state index contributed by atoms with van der Waals surface area (Å²) in [6, 6.07) is 8.92. The minimum atomic E-state index is -0.569. The largest absolute Gasteiger partial charge is 0.496 e. The highest BCUT2D eigenvalue weighted by atomic mass is 35.5. The summed E-state index contributed by atoms with van der Waals surface area (Å²) in [7, 11) is 1.45. The zero-order valence-electron chi connectivity index (χ0n) is 11.4. The van der Waals surface area contributed by atoms with Crippen molar-refractivity contribution in [1.29, 1.82) is 0 Å². The third-order valence-electron chi connectivity index (χ3n) is 3.00. The Morgan fingerprint density at radius 1 is 1.19 bits per heavy atom. The monoisotopic (exact) mass is 305 g/mol. The Morgan fingerprint density at radius 3 is 2.52 bits per heavy atom. The number of ketones is 1. The molecular formula is C15H12ClNO4. The molecule has 0 bridgehead atoms. The van der Waals surface area contributed by atoms with E-state index in [1.54, 1.807) is 12.1 Å². The standard InChI is InChI=1S/C15H12ClNO4/c1-9-3-6-14(21-2)12(7-9)15(18)11-8-10(17(19)20)4-5-13(11)16/h3-8H,1-2H3. The van der Waals surface area contributed by atoms with Gasteiger partial charge in [-0.1, -0.05) is 23.2 Å². The number of nitro benzene ring substituents is 1. The molecular weight excluding hydrogens is 294 g/mol. The van der Waals surface area contributed by atoms with Gasteiger partial charge in [0.25, 0.3) is 5.69 Å². The summed E-state index contributed by atoms with van der Waals surface area (Å²) in [6.45, 7) is 1.84. The van der Waals surface area contributed by atoms with Crippen LogP contribution in [-0.4, -0.2) is 17.8 Å². The molecule has 0 unspecified atom stereocenters. The van der Waals surface area contributed by atoms with Crippen LogP contribution < -0.4 is 4.74 Å². The molecule has 0 heterocycles.